The fraction of sp³-hybridized carbons (Fsp3) is 0. The van der Waals surface area contributed by atoms with Gasteiger partial charge in [-0.2, -0.15) is 5.26 Å². The van der Waals surface area contributed by atoms with Crippen LogP contribution in [0.2, 0.25) is 0 Å². The Bertz CT molecular complexity index is 2970. The molecule has 5 heteroatoms. The summed E-state index contributed by atoms with van der Waals surface area (Å²) >= 11 is 0. The zero-order valence-electron chi connectivity index (χ0n) is 26.7. The van der Waals surface area contributed by atoms with E-state index in [1.54, 1.807) is 0 Å². The summed E-state index contributed by atoms with van der Waals surface area (Å²) in [5.41, 5.74) is 11.5. The maximum absolute atomic E-state index is 10.6. The number of nitrogens with zero attached hydrogens (tertiary/aromatic N) is 5. The molecular weight excluding hydrogens is 611 g/mol. The molecule has 9 aromatic rings. The van der Waals surface area contributed by atoms with Gasteiger partial charge in [-0.25, -0.2) is 9.69 Å². The monoisotopic (exact) mass is 635 g/mol. The number of aromatic nitrogens is 2. The summed E-state index contributed by atoms with van der Waals surface area (Å²) in [4.78, 5) is 7.38. The van der Waals surface area contributed by atoms with Gasteiger partial charge in [0.2, 0.25) is 0 Å². The molecule has 2 heterocycles. The summed E-state index contributed by atoms with van der Waals surface area (Å²) in [5, 5.41) is 14.9. The van der Waals surface area contributed by atoms with Gasteiger partial charge < -0.3 is 9.13 Å². The Labute approximate surface area is 288 Å². The molecule has 230 valence electrons. The van der Waals surface area contributed by atoms with E-state index in [-0.39, 0.29) is 0 Å². The number of benzene rings is 7. The normalized spacial score (nSPS) is 11.1. The Morgan fingerprint density at radius 3 is 1.90 bits per heavy atom. The van der Waals surface area contributed by atoms with E-state index in [2.05, 4.69) is 85.6 Å². The molecule has 50 heavy (non-hydrogen) atoms. The van der Waals surface area contributed by atoms with E-state index in [4.69, 9.17) is 13.1 Å². The minimum Gasteiger partial charge on any atom is -0.310 e. The average molecular weight is 636 g/mol. The lowest BCUT2D eigenvalue weighted by Crippen LogP contribution is -1.98. The van der Waals surface area contributed by atoms with Crippen molar-refractivity contribution in [2.75, 3.05) is 0 Å². The fourth-order valence-electron chi connectivity index (χ4n) is 7.37. The van der Waals surface area contributed by atoms with E-state index in [1.807, 2.05) is 91.0 Å². The Morgan fingerprint density at radius 2 is 1.10 bits per heavy atom. The van der Waals surface area contributed by atoms with Crippen molar-refractivity contribution >= 4 is 55.0 Å². The molecule has 0 radical (unpaired) electrons. The largest absolute Gasteiger partial charge is 0.310 e. The molecule has 0 amide bonds. The predicted octanol–water partition coefficient (Wildman–Crippen LogP) is 12.2. The highest BCUT2D eigenvalue weighted by molar-refractivity contribution is 6.11. The van der Waals surface area contributed by atoms with Crippen molar-refractivity contribution in [3.8, 4) is 39.7 Å². The van der Waals surface area contributed by atoms with Crippen molar-refractivity contribution in [2.24, 2.45) is 0 Å². The van der Waals surface area contributed by atoms with Crippen molar-refractivity contribution in [2.45, 2.75) is 0 Å². The summed E-state index contributed by atoms with van der Waals surface area (Å²) in [6.07, 6.45) is 0. The van der Waals surface area contributed by atoms with Crippen LogP contribution in [0.5, 0.6) is 0 Å². The third-order valence-corrected chi connectivity index (χ3v) is 9.58. The fourth-order valence-corrected chi connectivity index (χ4v) is 7.37. The first-order valence-electron chi connectivity index (χ1n) is 16.2. The maximum Gasteiger partial charge on any atom is 0.189 e. The molecule has 7 aromatic carbocycles. The minimum atomic E-state index is 0.575. The van der Waals surface area contributed by atoms with E-state index >= 15 is 0 Å². The minimum absolute atomic E-state index is 0.575. The van der Waals surface area contributed by atoms with Crippen molar-refractivity contribution < 1.29 is 0 Å². The smallest absolute Gasteiger partial charge is 0.189 e. The zero-order valence-corrected chi connectivity index (χ0v) is 26.7. The SMILES string of the molecule is [C-]#[N+]c1ccc2c(c1)c1ccccc1n2-c1cccc(-c2ccc(-c3ccccc3-n3c4ccccc4c4ccc([N+]#[C-])cc43)c(C#N)c2)c1. The maximum atomic E-state index is 10.6. The highest BCUT2D eigenvalue weighted by Crippen LogP contribution is 2.40. The second-order valence-electron chi connectivity index (χ2n) is 12.3. The molecule has 2 aromatic heterocycles. The molecule has 0 aliphatic heterocycles. The highest BCUT2D eigenvalue weighted by atomic mass is 15.0. The Hall–Kier alpha value is -7.39. The van der Waals surface area contributed by atoms with Crippen LogP contribution in [0.3, 0.4) is 0 Å². The first-order chi connectivity index (χ1) is 24.7. The lowest BCUT2D eigenvalue weighted by molar-refractivity contribution is 1.18. The number of nitriles is 1. The van der Waals surface area contributed by atoms with Gasteiger partial charge in [0, 0.05) is 38.5 Å². The van der Waals surface area contributed by atoms with Gasteiger partial charge in [-0.05, 0) is 71.1 Å². The predicted molar refractivity (Wildman–Crippen MR) is 203 cm³/mol. The van der Waals surface area contributed by atoms with Crippen LogP contribution in [0.15, 0.2) is 152 Å². The van der Waals surface area contributed by atoms with Gasteiger partial charge in [0.15, 0.2) is 11.4 Å². The van der Waals surface area contributed by atoms with Gasteiger partial charge in [-0.1, -0.05) is 97.1 Å². The van der Waals surface area contributed by atoms with Crippen LogP contribution in [-0.4, -0.2) is 9.13 Å². The molecule has 9 rings (SSSR count). The van der Waals surface area contributed by atoms with E-state index in [9.17, 15) is 5.26 Å². The van der Waals surface area contributed by atoms with Gasteiger partial charge in [0.25, 0.3) is 0 Å². The second-order valence-corrected chi connectivity index (χ2v) is 12.3. The molecule has 0 N–H and O–H groups in total. The van der Waals surface area contributed by atoms with Crippen LogP contribution >= 0.6 is 0 Å². The van der Waals surface area contributed by atoms with E-state index in [1.165, 1.54) is 0 Å². The summed E-state index contributed by atoms with van der Waals surface area (Å²) in [6.45, 7) is 15.2. The number of fused-ring (bicyclic) bond motifs is 6. The van der Waals surface area contributed by atoms with Crippen LogP contribution in [0.25, 0.3) is 86.9 Å². The zero-order chi connectivity index (χ0) is 33.8. The number of rotatable bonds is 4. The van der Waals surface area contributed by atoms with Crippen molar-refractivity contribution in [3.05, 3.63) is 180 Å². The van der Waals surface area contributed by atoms with Crippen molar-refractivity contribution in [1.82, 2.24) is 9.13 Å². The molecule has 0 aliphatic rings. The van der Waals surface area contributed by atoms with Crippen LogP contribution in [0, 0.1) is 24.5 Å². The van der Waals surface area contributed by atoms with Gasteiger partial charge >= 0.3 is 0 Å². The average Bonchev–Trinajstić information content (AvgIpc) is 3.69. The summed E-state index contributed by atoms with van der Waals surface area (Å²) < 4.78 is 4.45. The summed E-state index contributed by atoms with van der Waals surface area (Å²) in [7, 11) is 0. The van der Waals surface area contributed by atoms with Gasteiger partial charge in [-0.15, -0.1) is 0 Å². The van der Waals surface area contributed by atoms with Crippen LogP contribution in [0.1, 0.15) is 5.56 Å². The van der Waals surface area contributed by atoms with E-state index in [0.29, 0.717) is 16.9 Å². The molecule has 0 spiro atoms. The second kappa shape index (κ2) is 11.4. The lowest BCUT2D eigenvalue weighted by Gasteiger charge is -2.16. The molecular formula is C45H25N5. The molecule has 0 bridgehead atoms. The van der Waals surface area contributed by atoms with Gasteiger partial charge in [-0.3, -0.25) is 0 Å². The van der Waals surface area contributed by atoms with Gasteiger partial charge in [0.1, 0.15) is 0 Å². The highest BCUT2D eigenvalue weighted by Gasteiger charge is 2.18. The molecule has 0 aliphatic carbocycles. The molecule has 0 saturated heterocycles. The topological polar surface area (TPSA) is 42.4 Å². The summed E-state index contributed by atoms with van der Waals surface area (Å²) in [6, 6.07) is 53.4. The standard InChI is InChI=1S/C45H25N5/c1-47-32-20-23-44-40(26-32)38-14-5-6-15-41(38)49(44)34-11-9-10-29(25-34)30-18-21-35(31(24-30)28-46)36-12-3-7-16-42(36)50-43-17-8-4-13-37(43)39-22-19-33(48-2)27-45(39)50/h3-27H. The third-order valence-electron chi connectivity index (χ3n) is 9.58. The molecule has 5 nitrogen and oxygen atoms in total. The molecule has 0 saturated carbocycles. The number of para-hydroxylation sites is 3. The lowest BCUT2D eigenvalue weighted by atomic mass is 9.94. The third kappa shape index (κ3) is 4.38. The Morgan fingerprint density at radius 1 is 0.460 bits per heavy atom. The molecule has 0 unspecified atom stereocenters. The molecule has 0 atom stereocenters. The van der Waals surface area contributed by atoms with Crippen LogP contribution < -0.4 is 0 Å². The van der Waals surface area contributed by atoms with Crippen LogP contribution in [0.4, 0.5) is 11.4 Å². The van der Waals surface area contributed by atoms with E-state index < -0.39 is 0 Å². The van der Waals surface area contributed by atoms with Crippen LogP contribution in [-0.2, 0) is 0 Å². The first kappa shape index (κ1) is 28.8. The Balaban J connectivity index is 1.19. The van der Waals surface area contributed by atoms with E-state index in [0.717, 1.165) is 77.2 Å². The van der Waals surface area contributed by atoms with Gasteiger partial charge in [0.05, 0.1) is 47.0 Å². The molecule has 0 fully saturated rings. The quantitative estimate of drug-likeness (QED) is 0.177. The summed E-state index contributed by atoms with van der Waals surface area (Å²) in [5.74, 6) is 0. The number of hydrogen-bond acceptors (Lipinski definition) is 1. The van der Waals surface area contributed by atoms with Crippen molar-refractivity contribution in [1.29, 1.82) is 5.26 Å². The number of hydrogen-bond donors (Lipinski definition) is 0. The Kier molecular flexibility index (Phi) is 6.56. The van der Waals surface area contributed by atoms with Crippen molar-refractivity contribution in [3.63, 3.8) is 0 Å². The first-order valence-corrected chi connectivity index (χ1v) is 16.2.